The van der Waals surface area contributed by atoms with E-state index in [1.54, 1.807) is 12.1 Å². The number of anilines is 1. The summed E-state index contributed by atoms with van der Waals surface area (Å²) in [5, 5.41) is 34.0. The monoisotopic (exact) mass is 608 g/mol. The summed E-state index contributed by atoms with van der Waals surface area (Å²) in [6.45, 7) is 5.76. The molecule has 1 atom stereocenters. The van der Waals surface area contributed by atoms with E-state index in [1.807, 2.05) is 0 Å². The molecule has 2 fully saturated rings. The molecular formula is C30H36N6O8. The topological polar surface area (TPSA) is 187 Å². The molecule has 44 heavy (non-hydrogen) atoms. The van der Waals surface area contributed by atoms with Gasteiger partial charge in [0, 0.05) is 68.2 Å². The molecule has 14 heteroatoms. The van der Waals surface area contributed by atoms with Crippen molar-refractivity contribution in [1.29, 1.82) is 0 Å². The fraction of sp³-hybridized carbons (Fsp3) is 0.400. The number of hydrogen-bond donors (Lipinski definition) is 4. The zero-order chi connectivity index (χ0) is 31.9. The molecule has 0 saturated carbocycles. The Morgan fingerprint density at radius 1 is 1.09 bits per heavy atom. The minimum Gasteiger partial charge on any atom is -0.481 e. The van der Waals surface area contributed by atoms with E-state index in [2.05, 4.69) is 32.5 Å². The SMILES string of the molecule is CC1(C(=O)O)C=CC=C(C(=O)O)C1.CN1CC(N2CCC(NC(=O)Nc3cc(Oc4ccc([N+](=O)[O-])cc4)ccn3)CC2)C1. The fourth-order valence-electron chi connectivity index (χ4n) is 5.14. The van der Waals surface area contributed by atoms with Crippen molar-refractivity contribution in [2.75, 3.05) is 38.5 Å². The van der Waals surface area contributed by atoms with Gasteiger partial charge in [-0.2, -0.15) is 0 Å². The predicted molar refractivity (Wildman–Crippen MR) is 161 cm³/mol. The van der Waals surface area contributed by atoms with Crippen molar-refractivity contribution >= 4 is 29.5 Å². The molecule has 4 N–H and O–H groups in total. The predicted octanol–water partition coefficient (Wildman–Crippen LogP) is 3.73. The van der Waals surface area contributed by atoms with Crippen LogP contribution in [0.25, 0.3) is 0 Å². The molecule has 2 aromatic rings. The lowest BCUT2D eigenvalue weighted by molar-refractivity contribution is -0.384. The van der Waals surface area contributed by atoms with Gasteiger partial charge in [-0.3, -0.25) is 25.1 Å². The third-order valence-corrected chi connectivity index (χ3v) is 7.76. The minimum absolute atomic E-state index is 0.00744. The number of nitro benzene ring substituents is 1. The van der Waals surface area contributed by atoms with Crippen molar-refractivity contribution < 1.29 is 34.3 Å². The average molecular weight is 609 g/mol. The number of urea groups is 1. The Morgan fingerprint density at radius 2 is 1.77 bits per heavy atom. The number of pyridine rings is 1. The van der Waals surface area contributed by atoms with Crippen molar-refractivity contribution in [3.63, 3.8) is 0 Å². The lowest BCUT2D eigenvalue weighted by atomic mass is 9.80. The molecule has 14 nitrogen and oxygen atoms in total. The van der Waals surface area contributed by atoms with Crippen LogP contribution in [0.1, 0.15) is 26.2 Å². The van der Waals surface area contributed by atoms with Crippen molar-refractivity contribution in [2.24, 2.45) is 5.41 Å². The molecular weight excluding hydrogens is 572 g/mol. The van der Waals surface area contributed by atoms with Crippen LogP contribution in [0.2, 0.25) is 0 Å². The van der Waals surface area contributed by atoms with E-state index < -0.39 is 22.3 Å². The number of ether oxygens (including phenoxy) is 1. The lowest BCUT2D eigenvalue weighted by Crippen LogP contribution is -2.60. The number of amides is 2. The van der Waals surface area contributed by atoms with Gasteiger partial charge in [-0.05, 0) is 51.4 Å². The molecule has 5 rings (SSSR count). The number of non-ortho nitro benzene ring substituents is 1. The van der Waals surface area contributed by atoms with Crippen LogP contribution in [0.4, 0.5) is 16.3 Å². The van der Waals surface area contributed by atoms with Gasteiger partial charge in [0.05, 0.1) is 10.3 Å². The van der Waals surface area contributed by atoms with Gasteiger partial charge in [0.15, 0.2) is 0 Å². The van der Waals surface area contributed by atoms with Crippen molar-refractivity contribution in [3.8, 4) is 11.5 Å². The van der Waals surface area contributed by atoms with Crippen LogP contribution in [0.5, 0.6) is 11.5 Å². The number of allylic oxidation sites excluding steroid dienone is 2. The lowest BCUT2D eigenvalue weighted by Gasteiger charge is -2.46. The van der Waals surface area contributed by atoms with Crippen LogP contribution in [-0.4, -0.2) is 93.2 Å². The highest BCUT2D eigenvalue weighted by molar-refractivity contribution is 5.90. The Labute approximate surface area is 254 Å². The zero-order valence-corrected chi connectivity index (χ0v) is 24.5. The molecule has 2 aliphatic heterocycles. The molecule has 2 amide bonds. The second-order valence-corrected chi connectivity index (χ2v) is 11.3. The summed E-state index contributed by atoms with van der Waals surface area (Å²) in [5.74, 6) is -0.770. The number of benzene rings is 1. The number of likely N-dealkylation sites (N-methyl/N-ethyl adjacent to an activating group) is 1. The van der Waals surface area contributed by atoms with Gasteiger partial charge >= 0.3 is 18.0 Å². The Bertz CT molecular complexity index is 1430. The van der Waals surface area contributed by atoms with Crippen LogP contribution in [-0.2, 0) is 9.59 Å². The first-order valence-corrected chi connectivity index (χ1v) is 14.2. The van der Waals surface area contributed by atoms with Crippen molar-refractivity contribution in [2.45, 2.75) is 38.3 Å². The Morgan fingerprint density at radius 3 is 2.36 bits per heavy atom. The van der Waals surface area contributed by atoms with Crippen LogP contribution >= 0.6 is 0 Å². The third-order valence-electron chi connectivity index (χ3n) is 7.76. The highest BCUT2D eigenvalue weighted by Gasteiger charge is 2.34. The van der Waals surface area contributed by atoms with Crippen LogP contribution < -0.4 is 15.4 Å². The van der Waals surface area contributed by atoms with Crippen LogP contribution in [0, 0.1) is 15.5 Å². The van der Waals surface area contributed by atoms with E-state index in [1.165, 1.54) is 55.6 Å². The summed E-state index contributed by atoms with van der Waals surface area (Å²) in [6, 6.07) is 9.56. The van der Waals surface area contributed by atoms with E-state index in [0.717, 1.165) is 39.0 Å². The second kappa shape index (κ2) is 14.1. The molecule has 0 radical (unpaired) electrons. The largest absolute Gasteiger partial charge is 0.481 e. The summed E-state index contributed by atoms with van der Waals surface area (Å²) in [6.07, 6.45) is 7.84. The van der Waals surface area contributed by atoms with Gasteiger partial charge in [0.1, 0.15) is 17.3 Å². The third kappa shape index (κ3) is 8.61. The molecule has 1 aromatic carbocycles. The Kier molecular flexibility index (Phi) is 10.3. The fourth-order valence-corrected chi connectivity index (χ4v) is 5.14. The van der Waals surface area contributed by atoms with Crippen LogP contribution in [0.3, 0.4) is 0 Å². The van der Waals surface area contributed by atoms with E-state index in [9.17, 15) is 24.5 Å². The molecule has 0 bridgehead atoms. The average Bonchev–Trinajstić information content (AvgIpc) is 2.97. The number of nitrogens with one attached hydrogen (secondary N) is 2. The van der Waals surface area contributed by atoms with Gasteiger partial charge in [-0.15, -0.1) is 0 Å². The van der Waals surface area contributed by atoms with E-state index in [-0.39, 0.29) is 29.8 Å². The molecule has 1 aliphatic carbocycles. The summed E-state index contributed by atoms with van der Waals surface area (Å²) in [7, 11) is 2.13. The first-order valence-electron chi connectivity index (χ1n) is 14.2. The number of nitrogens with zero attached hydrogens (tertiary/aromatic N) is 4. The maximum atomic E-state index is 12.4. The number of likely N-dealkylation sites (tertiary alicyclic amines) is 2. The van der Waals surface area contributed by atoms with Crippen molar-refractivity contribution in [1.82, 2.24) is 20.1 Å². The molecule has 2 saturated heterocycles. The van der Waals surface area contributed by atoms with E-state index in [0.29, 0.717) is 23.4 Å². The van der Waals surface area contributed by atoms with E-state index in [4.69, 9.17) is 14.9 Å². The number of carbonyl (C=O) groups excluding carboxylic acids is 1. The maximum absolute atomic E-state index is 12.4. The summed E-state index contributed by atoms with van der Waals surface area (Å²) < 4.78 is 5.70. The first-order chi connectivity index (χ1) is 20.9. The summed E-state index contributed by atoms with van der Waals surface area (Å²) in [4.78, 5) is 53.0. The van der Waals surface area contributed by atoms with Gasteiger partial charge in [0.25, 0.3) is 5.69 Å². The van der Waals surface area contributed by atoms with E-state index >= 15 is 0 Å². The quantitative estimate of drug-likeness (QED) is 0.253. The molecule has 1 unspecified atom stereocenters. The number of aromatic nitrogens is 1. The van der Waals surface area contributed by atoms with Crippen molar-refractivity contribution in [3.05, 3.63) is 76.5 Å². The molecule has 3 heterocycles. The number of aliphatic carboxylic acids is 2. The first kappa shape index (κ1) is 32.1. The molecule has 3 aliphatic rings. The Balaban J connectivity index is 0.000000285. The minimum atomic E-state index is -1.08. The summed E-state index contributed by atoms with van der Waals surface area (Å²) in [5.41, 5.74) is -0.956. The number of nitro groups is 1. The summed E-state index contributed by atoms with van der Waals surface area (Å²) >= 11 is 0. The normalized spacial score (nSPS) is 20.7. The zero-order valence-electron chi connectivity index (χ0n) is 24.5. The number of carboxylic acids is 2. The van der Waals surface area contributed by atoms with Gasteiger partial charge < -0.3 is 25.2 Å². The number of carbonyl (C=O) groups is 3. The smallest absolute Gasteiger partial charge is 0.331 e. The molecule has 1 aromatic heterocycles. The molecule has 0 spiro atoms. The number of carboxylic acid groups (broad SMARTS) is 2. The van der Waals surface area contributed by atoms with Crippen LogP contribution in [0.15, 0.2) is 66.4 Å². The maximum Gasteiger partial charge on any atom is 0.331 e. The number of hydrogen-bond acceptors (Lipinski definition) is 9. The number of piperidine rings is 1. The molecule has 234 valence electrons. The highest BCUT2D eigenvalue weighted by atomic mass is 16.6. The van der Waals surface area contributed by atoms with Gasteiger partial charge in [0.2, 0.25) is 0 Å². The van der Waals surface area contributed by atoms with Gasteiger partial charge in [-0.25, -0.2) is 14.6 Å². The number of rotatable bonds is 8. The standard InChI is InChI=1S/C21H26N6O4.C9H10O4/c1-25-13-17(14-25)26-10-7-15(8-11-26)23-21(28)24-20-12-19(6-9-22-20)31-18-4-2-16(3-5-18)27(29)30;1-9(8(12)13)4-2-3-6(5-9)7(10)11/h2-6,9,12,15,17H,7-8,10-11,13-14H2,1H3,(H2,22,23,24,28);2-4H,5H2,1H3,(H,10,11)(H,12,13). The Hall–Kier alpha value is -4.82. The second-order valence-electron chi connectivity index (χ2n) is 11.3. The highest BCUT2D eigenvalue weighted by Crippen LogP contribution is 2.31. The van der Waals surface area contributed by atoms with Gasteiger partial charge in [-0.1, -0.05) is 18.2 Å².